The van der Waals surface area contributed by atoms with Crippen LogP contribution in [0.4, 0.5) is 0 Å². The molecular formula is C9H12N2O2. The molecule has 0 saturated carbocycles. The summed E-state index contributed by atoms with van der Waals surface area (Å²) in [5.74, 6) is -0.364. The largest absolute Gasteiger partial charge is 0.384 e. The molecule has 1 aromatic heterocycles. The van der Waals surface area contributed by atoms with Crippen LogP contribution in [0.1, 0.15) is 12.5 Å². The molecule has 0 aliphatic carbocycles. The van der Waals surface area contributed by atoms with E-state index in [1.165, 1.54) is 6.92 Å². The average Bonchev–Trinajstić information content (AvgIpc) is 2.15. The molecule has 13 heavy (non-hydrogen) atoms. The lowest BCUT2D eigenvalue weighted by Crippen LogP contribution is -2.31. The fourth-order valence-electron chi connectivity index (χ4n) is 0.838. The lowest BCUT2D eigenvalue weighted by atomic mass is 10.2. The highest BCUT2D eigenvalue weighted by atomic mass is 16.3. The van der Waals surface area contributed by atoms with E-state index in [1.807, 2.05) is 12.1 Å². The van der Waals surface area contributed by atoms with Gasteiger partial charge in [0.05, 0.1) is 0 Å². The van der Waals surface area contributed by atoms with E-state index >= 15 is 0 Å². The molecule has 0 saturated heterocycles. The summed E-state index contributed by atoms with van der Waals surface area (Å²) >= 11 is 0. The zero-order valence-corrected chi connectivity index (χ0v) is 7.40. The highest BCUT2D eigenvalue weighted by Crippen LogP contribution is 1.94. The van der Waals surface area contributed by atoms with Gasteiger partial charge >= 0.3 is 0 Å². The predicted molar refractivity (Wildman–Crippen MR) is 47.8 cm³/mol. The normalized spacial score (nSPS) is 12.2. The second-order valence-electron chi connectivity index (χ2n) is 2.75. The lowest BCUT2D eigenvalue weighted by molar-refractivity contribution is -0.128. The molecular weight excluding hydrogens is 168 g/mol. The first-order chi connectivity index (χ1) is 6.20. The Balaban J connectivity index is 2.40. The van der Waals surface area contributed by atoms with Crippen molar-refractivity contribution >= 4 is 5.91 Å². The minimum absolute atomic E-state index is 0.364. The van der Waals surface area contributed by atoms with Crippen LogP contribution in [0.3, 0.4) is 0 Å². The van der Waals surface area contributed by atoms with E-state index in [9.17, 15) is 4.79 Å². The van der Waals surface area contributed by atoms with Crippen molar-refractivity contribution in [3.63, 3.8) is 0 Å². The van der Waals surface area contributed by atoms with Crippen molar-refractivity contribution in [3.05, 3.63) is 30.1 Å². The van der Waals surface area contributed by atoms with Gasteiger partial charge in [0.15, 0.2) is 0 Å². The van der Waals surface area contributed by atoms with Gasteiger partial charge in [-0.1, -0.05) is 0 Å². The SMILES string of the molecule is CC(O)C(=O)NCc1ccncc1. The van der Waals surface area contributed by atoms with Crippen molar-refractivity contribution in [1.82, 2.24) is 10.3 Å². The Kier molecular flexibility index (Phi) is 3.40. The van der Waals surface area contributed by atoms with Gasteiger partial charge in [0.25, 0.3) is 0 Å². The second kappa shape index (κ2) is 4.57. The van der Waals surface area contributed by atoms with E-state index in [-0.39, 0.29) is 5.91 Å². The molecule has 0 aromatic carbocycles. The molecule has 70 valence electrons. The molecule has 2 N–H and O–H groups in total. The number of hydrogen-bond donors (Lipinski definition) is 2. The Hall–Kier alpha value is -1.42. The van der Waals surface area contributed by atoms with Crippen molar-refractivity contribution in [1.29, 1.82) is 0 Å². The number of aliphatic hydroxyl groups is 1. The van der Waals surface area contributed by atoms with Gasteiger partial charge in [-0.15, -0.1) is 0 Å². The number of nitrogens with zero attached hydrogens (tertiary/aromatic N) is 1. The van der Waals surface area contributed by atoms with Crippen LogP contribution < -0.4 is 5.32 Å². The van der Waals surface area contributed by atoms with E-state index < -0.39 is 6.10 Å². The van der Waals surface area contributed by atoms with Crippen LogP contribution in [0.15, 0.2) is 24.5 Å². The summed E-state index contributed by atoms with van der Waals surface area (Å²) in [5, 5.41) is 11.5. The van der Waals surface area contributed by atoms with Crippen molar-refractivity contribution in [3.8, 4) is 0 Å². The third kappa shape index (κ3) is 3.21. The van der Waals surface area contributed by atoms with Crippen LogP contribution in [-0.2, 0) is 11.3 Å². The number of aromatic nitrogens is 1. The Bertz CT molecular complexity index is 272. The first-order valence-electron chi connectivity index (χ1n) is 4.05. The van der Waals surface area contributed by atoms with Gasteiger partial charge in [-0.3, -0.25) is 9.78 Å². The monoisotopic (exact) mass is 180 g/mol. The second-order valence-corrected chi connectivity index (χ2v) is 2.75. The third-order valence-corrected chi connectivity index (χ3v) is 1.60. The summed E-state index contributed by atoms with van der Waals surface area (Å²) < 4.78 is 0. The van der Waals surface area contributed by atoms with Crippen molar-refractivity contribution in [2.24, 2.45) is 0 Å². The molecule has 1 unspecified atom stereocenters. The molecule has 0 fully saturated rings. The lowest BCUT2D eigenvalue weighted by Gasteiger charge is -2.06. The molecule has 0 aliphatic heterocycles. The van der Waals surface area contributed by atoms with Gasteiger partial charge in [-0.25, -0.2) is 0 Å². The van der Waals surface area contributed by atoms with Gasteiger partial charge in [0.2, 0.25) is 5.91 Å². The van der Waals surface area contributed by atoms with Crippen LogP contribution in [-0.4, -0.2) is 22.1 Å². The quantitative estimate of drug-likeness (QED) is 0.692. The average molecular weight is 180 g/mol. The summed E-state index contributed by atoms with van der Waals surface area (Å²) in [6.07, 6.45) is 2.36. The van der Waals surface area contributed by atoms with Gasteiger partial charge in [0, 0.05) is 18.9 Å². The van der Waals surface area contributed by atoms with E-state index in [0.717, 1.165) is 5.56 Å². The first kappa shape index (κ1) is 9.67. The van der Waals surface area contributed by atoms with Gasteiger partial charge < -0.3 is 10.4 Å². The van der Waals surface area contributed by atoms with E-state index in [0.29, 0.717) is 6.54 Å². The first-order valence-corrected chi connectivity index (χ1v) is 4.05. The third-order valence-electron chi connectivity index (χ3n) is 1.60. The Morgan fingerprint density at radius 1 is 1.62 bits per heavy atom. The Morgan fingerprint density at radius 3 is 2.77 bits per heavy atom. The number of aliphatic hydroxyl groups excluding tert-OH is 1. The fourth-order valence-corrected chi connectivity index (χ4v) is 0.838. The van der Waals surface area contributed by atoms with Crippen LogP contribution in [0.5, 0.6) is 0 Å². The maximum atomic E-state index is 10.9. The van der Waals surface area contributed by atoms with Crippen molar-refractivity contribution in [2.45, 2.75) is 19.6 Å². The predicted octanol–water partition coefficient (Wildman–Crippen LogP) is 0.0786. The highest BCUT2D eigenvalue weighted by molar-refractivity contribution is 5.79. The minimum atomic E-state index is -0.957. The number of rotatable bonds is 3. The Labute approximate surface area is 76.6 Å². The van der Waals surface area contributed by atoms with Gasteiger partial charge in [-0.2, -0.15) is 0 Å². The molecule has 0 bridgehead atoms. The van der Waals surface area contributed by atoms with Crippen molar-refractivity contribution < 1.29 is 9.90 Å². The number of hydrogen-bond acceptors (Lipinski definition) is 3. The van der Waals surface area contributed by atoms with E-state index in [2.05, 4.69) is 10.3 Å². The molecule has 1 rings (SSSR count). The smallest absolute Gasteiger partial charge is 0.248 e. The van der Waals surface area contributed by atoms with Crippen molar-refractivity contribution in [2.75, 3.05) is 0 Å². The number of pyridine rings is 1. The van der Waals surface area contributed by atoms with Crippen LogP contribution in [0.25, 0.3) is 0 Å². The van der Waals surface area contributed by atoms with Crippen LogP contribution in [0, 0.1) is 0 Å². The fraction of sp³-hybridized carbons (Fsp3) is 0.333. The molecule has 1 atom stereocenters. The molecule has 1 amide bonds. The van der Waals surface area contributed by atoms with Gasteiger partial charge in [0.1, 0.15) is 6.10 Å². The summed E-state index contributed by atoms with van der Waals surface area (Å²) in [7, 11) is 0. The maximum absolute atomic E-state index is 10.9. The number of carbonyl (C=O) groups is 1. The zero-order chi connectivity index (χ0) is 9.68. The molecule has 0 spiro atoms. The minimum Gasteiger partial charge on any atom is -0.384 e. The van der Waals surface area contributed by atoms with E-state index in [4.69, 9.17) is 5.11 Å². The highest BCUT2D eigenvalue weighted by Gasteiger charge is 2.06. The molecule has 1 aromatic rings. The van der Waals surface area contributed by atoms with Gasteiger partial charge in [-0.05, 0) is 24.6 Å². The summed E-state index contributed by atoms with van der Waals surface area (Å²) in [6.45, 7) is 1.86. The summed E-state index contributed by atoms with van der Waals surface area (Å²) in [4.78, 5) is 14.8. The molecule has 1 heterocycles. The molecule has 4 heteroatoms. The summed E-state index contributed by atoms with van der Waals surface area (Å²) in [6, 6.07) is 3.62. The Morgan fingerprint density at radius 2 is 2.23 bits per heavy atom. The molecule has 4 nitrogen and oxygen atoms in total. The van der Waals surface area contributed by atoms with E-state index in [1.54, 1.807) is 12.4 Å². The van der Waals surface area contributed by atoms with Crippen LogP contribution >= 0.6 is 0 Å². The maximum Gasteiger partial charge on any atom is 0.248 e. The molecule has 0 radical (unpaired) electrons. The summed E-state index contributed by atoms with van der Waals surface area (Å²) in [5.41, 5.74) is 0.962. The van der Waals surface area contributed by atoms with Crippen LogP contribution in [0.2, 0.25) is 0 Å². The molecule has 0 aliphatic rings. The zero-order valence-electron chi connectivity index (χ0n) is 7.40. The number of nitrogens with one attached hydrogen (secondary N) is 1. The number of carbonyl (C=O) groups excluding carboxylic acids is 1. The number of amides is 1. The topological polar surface area (TPSA) is 62.2 Å². The standard InChI is InChI=1S/C9H12N2O2/c1-7(12)9(13)11-6-8-2-4-10-5-3-8/h2-5,7,12H,6H2,1H3,(H,11,13).